The van der Waals surface area contributed by atoms with Crippen molar-refractivity contribution in [3.63, 3.8) is 0 Å². The third-order valence-electron chi connectivity index (χ3n) is 6.80. The molecule has 1 atom stereocenters. The van der Waals surface area contributed by atoms with E-state index >= 15 is 0 Å². The summed E-state index contributed by atoms with van der Waals surface area (Å²) in [7, 11) is 0. The van der Waals surface area contributed by atoms with Crippen molar-refractivity contribution in [3.05, 3.63) is 148 Å². The van der Waals surface area contributed by atoms with Crippen LogP contribution < -0.4 is 0 Å². The first-order chi connectivity index (χ1) is 18.6. The number of carbonyl (C=O) groups excluding carboxylic acids is 1. The van der Waals surface area contributed by atoms with Gasteiger partial charge in [-0.1, -0.05) is 91.0 Å². The van der Waals surface area contributed by atoms with E-state index in [-0.39, 0.29) is 23.6 Å². The Morgan fingerprint density at radius 2 is 1.34 bits per heavy atom. The molecule has 1 heterocycles. The summed E-state index contributed by atoms with van der Waals surface area (Å²) in [6.45, 7) is 1.27. The topological polar surface area (TPSA) is 72.7 Å². The Bertz CT molecular complexity index is 1270. The number of hydrogen-bond donors (Lipinski definition) is 0. The minimum absolute atomic E-state index is 0.0122. The lowest BCUT2D eigenvalue weighted by molar-refractivity contribution is -0.384. The molecule has 0 aliphatic carbocycles. The van der Waals surface area contributed by atoms with Gasteiger partial charge in [0.25, 0.3) is 5.69 Å². The Balaban J connectivity index is 1.35. The van der Waals surface area contributed by atoms with Crippen molar-refractivity contribution < 1.29 is 14.5 Å². The lowest BCUT2D eigenvalue weighted by Crippen LogP contribution is -2.32. The molecule has 0 bridgehead atoms. The average Bonchev–Trinajstić information content (AvgIpc) is 3.45. The third kappa shape index (κ3) is 5.43. The van der Waals surface area contributed by atoms with Crippen LogP contribution in [0.2, 0.25) is 0 Å². The van der Waals surface area contributed by atoms with Crippen molar-refractivity contribution in [2.45, 2.75) is 23.0 Å². The maximum Gasteiger partial charge on any atom is 0.410 e. The van der Waals surface area contributed by atoms with Gasteiger partial charge in [-0.3, -0.25) is 10.1 Å². The van der Waals surface area contributed by atoms with Crippen LogP contribution in [0, 0.1) is 10.1 Å². The van der Waals surface area contributed by atoms with E-state index in [2.05, 4.69) is 72.8 Å². The van der Waals surface area contributed by atoms with E-state index in [1.54, 1.807) is 17.0 Å². The van der Waals surface area contributed by atoms with Crippen molar-refractivity contribution in [1.82, 2.24) is 4.90 Å². The molecule has 7 heteroatoms. The van der Waals surface area contributed by atoms with Gasteiger partial charge in [0.2, 0.25) is 0 Å². The second-order valence-corrected chi connectivity index (χ2v) is 10.7. The fourth-order valence-corrected chi connectivity index (χ4v) is 6.71. The molecule has 5 rings (SSSR count). The van der Waals surface area contributed by atoms with Crippen molar-refractivity contribution in [3.8, 4) is 0 Å². The molecular weight excluding hydrogens is 496 g/mol. The molecule has 1 amide bonds. The van der Waals surface area contributed by atoms with Crippen molar-refractivity contribution in [1.29, 1.82) is 0 Å². The molecule has 0 saturated carbocycles. The molecule has 4 aromatic carbocycles. The number of ether oxygens (including phenoxy) is 1. The number of non-ortho nitro benzene ring substituents is 1. The Morgan fingerprint density at radius 3 is 1.82 bits per heavy atom. The van der Waals surface area contributed by atoms with E-state index in [9.17, 15) is 14.9 Å². The Kier molecular flexibility index (Phi) is 7.75. The number of carbonyl (C=O) groups is 1. The van der Waals surface area contributed by atoms with Gasteiger partial charge in [0.05, 0.1) is 9.67 Å². The lowest BCUT2D eigenvalue weighted by atomic mass is 9.84. The smallest absolute Gasteiger partial charge is 0.410 e. The Labute approximate surface area is 226 Å². The minimum Gasteiger partial charge on any atom is -0.445 e. The largest absolute Gasteiger partial charge is 0.445 e. The molecule has 38 heavy (non-hydrogen) atoms. The highest BCUT2D eigenvalue weighted by atomic mass is 32.2. The highest BCUT2D eigenvalue weighted by Gasteiger charge is 2.41. The molecule has 1 unspecified atom stereocenters. The fraction of sp³-hybridized carbons (Fsp3) is 0.194. The molecule has 0 radical (unpaired) electrons. The molecule has 1 fully saturated rings. The first-order valence-corrected chi connectivity index (χ1v) is 13.4. The summed E-state index contributed by atoms with van der Waals surface area (Å²) in [6, 6.07) is 37.7. The van der Waals surface area contributed by atoms with Crippen LogP contribution in [0.3, 0.4) is 0 Å². The van der Waals surface area contributed by atoms with Crippen LogP contribution in [0.5, 0.6) is 0 Å². The van der Waals surface area contributed by atoms with Crippen LogP contribution in [-0.4, -0.2) is 34.3 Å². The van der Waals surface area contributed by atoms with Gasteiger partial charge in [-0.25, -0.2) is 4.79 Å². The number of rotatable bonds is 8. The Morgan fingerprint density at radius 1 is 0.842 bits per heavy atom. The zero-order valence-electron chi connectivity index (χ0n) is 20.8. The maximum atomic E-state index is 12.9. The predicted molar refractivity (Wildman–Crippen MR) is 150 cm³/mol. The van der Waals surface area contributed by atoms with Gasteiger partial charge >= 0.3 is 6.09 Å². The number of nitrogens with zero attached hydrogens (tertiary/aromatic N) is 2. The second-order valence-electron chi connectivity index (χ2n) is 9.23. The van der Waals surface area contributed by atoms with E-state index in [0.717, 1.165) is 6.42 Å². The summed E-state index contributed by atoms with van der Waals surface area (Å²) < 4.78 is 5.12. The Hall–Kier alpha value is -4.10. The van der Waals surface area contributed by atoms with Crippen molar-refractivity contribution >= 4 is 23.5 Å². The zero-order chi connectivity index (χ0) is 26.4. The van der Waals surface area contributed by atoms with E-state index in [1.807, 2.05) is 30.0 Å². The zero-order valence-corrected chi connectivity index (χ0v) is 21.6. The molecule has 4 aromatic rings. The van der Waals surface area contributed by atoms with Crippen molar-refractivity contribution in [2.24, 2.45) is 0 Å². The van der Waals surface area contributed by atoms with Crippen LogP contribution in [-0.2, 0) is 16.1 Å². The van der Waals surface area contributed by atoms with Crippen molar-refractivity contribution in [2.75, 3.05) is 13.1 Å². The number of amides is 1. The second kappa shape index (κ2) is 11.5. The van der Waals surface area contributed by atoms with Gasteiger partial charge in [0.1, 0.15) is 6.61 Å². The number of benzene rings is 4. The van der Waals surface area contributed by atoms with Crippen LogP contribution in [0.25, 0.3) is 0 Å². The molecule has 0 spiro atoms. The summed E-state index contributed by atoms with van der Waals surface area (Å²) in [5.74, 6) is 0. The fourth-order valence-electron chi connectivity index (χ4n) is 4.91. The first-order valence-electron chi connectivity index (χ1n) is 12.6. The van der Waals surface area contributed by atoms with E-state index in [1.165, 1.54) is 28.8 Å². The van der Waals surface area contributed by atoms with Gasteiger partial charge in [0.15, 0.2) is 0 Å². The molecule has 1 aliphatic heterocycles. The van der Waals surface area contributed by atoms with Crippen LogP contribution in [0.4, 0.5) is 10.5 Å². The van der Waals surface area contributed by atoms with Gasteiger partial charge in [-0.2, -0.15) is 0 Å². The molecular formula is C31H28N2O4S. The predicted octanol–water partition coefficient (Wildman–Crippen LogP) is 7.03. The SMILES string of the molecule is O=C(OCc1ccc([N+](=O)[O-])cc1)N1CCC(SC(c2ccccc2)(c2ccccc2)c2ccccc2)C1. The van der Waals surface area contributed by atoms with Gasteiger partial charge in [-0.15, -0.1) is 11.8 Å². The summed E-state index contributed by atoms with van der Waals surface area (Å²) >= 11 is 1.89. The summed E-state index contributed by atoms with van der Waals surface area (Å²) in [5.41, 5.74) is 4.31. The summed E-state index contributed by atoms with van der Waals surface area (Å²) in [4.78, 5) is 25.1. The quantitative estimate of drug-likeness (QED) is 0.141. The highest BCUT2D eigenvalue weighted by Crippen LogP contribution is 2.51. The van der Waals surface area contributed by atoms with E-state index in [0.29, 0.717) is 18.7 Å². The van der Waals surface area contributed by atoms with Crippen LogP contribution in [0.15, 0.2) is 115 Å². The van der Waals surface area contributed by atoms with Gasteiger partial charge in [0, 0.05) is 30.5 Å². The number of nitro benzene ring substituents is 1. The summed E-state index contributed by atoms with van der Waals surface area (Å²) in [6.07, 6.45) is 0.488. The third-order valence-corrected chi connectivity index (χ3v) is 8.58. The number of hydrogen-bond acceptors (Lipinski definition) is 5. The standard InChI is InChI=1S/C31H28N2O4S/c34-30(37-23-24-16-18-28(19-17-24)33(35)36)32-21-20-29(22-32)38-31(25-10-4-1-5-11-25,26-12-6-2-7-13-26)27-14-8-3-9-15-27/h1-19,29H,20-23H2. The number of nitro groups is 1. The van der Waals surface area contributed by atoms with Crippen LogP contribution in [0.1, 0.15) is 28.7 Å². The molecule has 1 aliphatic rings. The number of thioether (sulfide) groups is 1. The first kappa shape index (κ1) is 25.5. The lowest BCUT2D eigenvalue weighted by Gasteiger charge is -2.37. The summed E-state index contributed by atoms with van der Waals surface area (Å²) in [5, 5.41) is 11.1. The maximum absolute atomic E-state index is 12.9. The average molecular weight is 525 g/mol. The molecule has 192 valence electrons. The molecule has 0 aromatic heterocycles. The van der Waals surface area contributed by atoms with Crippen LogP contribution >= 0.6 is 11.8 Å². The van der Waals surface area contributed by atoms with Gasteiger partial charge < -0.3 is 9.64 Å². The molecule has 6 nitrogen and oxygen atoms in total. The van der Waals surface area contributed by atoms with E-state index < -0.39 is 9.67 Å². The highest BCUT2D eigenvalue weighted by molar-refractivity contribution is 8.01. The number of likely N-dealkylation sites (tertiary alicyclic amines) is 1. The van der Waals surface area contributed by atoms with E-state index in [4.69, 9.17) is 4.74 Å². The van der Waals surface area contributed by atoms with Gasteiger partial charge in [-0.05, 0) is 40.8 Å². The monoisotopic (exact) mass is 524 g/mol. The molecule has 1 saturated heterocycles. The normalized spacial score (nSPS) is 15.3. The minimum atomic E-state index is -0.446. The molecule has 0 N–H and O–H groups in total.